The van der Waals surface area contributed by atoms with Crippen molar-refractivity contribution < 1.29 is 4.79 Å². The topological polar surface area (TPSA) is 75.3 Å². The number of piperazine rings is 1. The number of carbonyl (C=O) groups excluding carboxylic acids is 1. The van der Waals surface area contributed by atoms with Gasteiger partial charge in [-0.1, -0.05) is 23.7 Å². The van der Waals surface area contributed by atoms with Crippen LogP contribution in [0, 0.1) is 0 Å². The van der Waals surface area contributed by atoms with Crippen LogP contribution >= 0.6 is 22.9 Å². The molecular weight excluding hydrogens is 418 g/mol. The van der Waals surface area contributed by atoms with Gasteiger partial charge in [-0.15, -0.1) is 11.3 Å². The first-order chi connectivity index (χ1) is 14.4. The number of carbonyl (C=O) groups is 1. The molecule has 0 aliphatic carbocycles. The number of anilines is 1. The Labute approximate surface area is 185 Å². The van der Waals surface area contributed by atoms with E-state index in [1.807, 2.05) is 42.2 Å². The Balaban J connectivity index is 1.43. The molecule has 4 rings (SSSR count). The summed E-state index contributed by atoms with van der Waals surface area (Å²) in [6, 6.07) is 9.88. The number of rotatable bonds is 5. The maximum atomic E-state index is 13.0. The molecule has 156 valence electrons. The minimum absolute atomic E-state index is 0.142. The maximum absolute atomic E-state index is 13.0. The normalized spacial score (nSPS) is 20.5. The van der Waals surface area contributed by atoms with Crippen molar-refractivity contribution in [2.45, 2.75) is 32.5 Å². The molecule has 1 aliphatic heterocycles. The molecule has 1 fully saturated rings. The van der Waals surface area contributed by atoms with Gasteiger partial charge >= 0.3 is 0 Å². The highest BCUT2D eigenvalue weighted by molar-refractivity contribution is 7.16. The van der Waals surface area contributed by atoms with Gasteiger partial charge in [0.1, 0.15) is 12.1 Å². The third-order valence-electron chi connectivity index (χ3n) is 5.51. The third-order valence-corrected chi connectivity index (χ3v) is 6.71. The summed E-state index contributed by atoms with van der Waals surface area (Å²) in [5, 5.41) is 0.831. The first kappa shape index (κ1) is 20.8. The molecule has 2 atom stereocenters. The second-order valence-electron chi connectivity index (χ2n) is 7.60. The average molecular weight is 442 g/mol. The van der Waals surface area contributed by atoms with Crippen LogP contribution in [0.1, 0.15) is 24.3 Å². The lowest BCUT2D eigenvalue weighted by Gasteiger charge is -2.43. The molecule has 0 bridgehead atoms. The predicted octanol–water partition coefficient (Wildman–Crippen LogP) is 4.06. The van der Waals surface area contributed by atoms with Gasteiger partial charge in [0.2, 0.25) is 5.91 Å². The van der Waals surface area contributed by atoms with E-state index in [-0.39, 0.29) is 18.0 Å². The smallest absolute Gasteiger partial charge is 0.240 e. The van der Waals surface area contributed by atoms with Gasteiger partial charge in [0.05, 0.1) is 15.9 Å². The molecule has 1 aliphatic rings. The zero-order valence-electron chi connectivity index (χ0n) is 17.0. The number of halogens is 1. The molecule has 1 aromatic carbocycles. The van der Waals surface area contributed by atoms with Crippen LogP contribution in [0.3, 0.4) is 0 Å². The molecule has 1 saturated heterocycles. The van der Waals surface area contributed by atoms with Gasteiger partial charge in [-0.25, -0.2) is 9.97 Å². The van der Waals surface area contributed by atoms with E-state index in [1.54, 1.807) is 11.3 Å². The highest BCUT2D eigenvalue weighted by Crippen LogP contribution is 2.24. The molecular formula is C22H24ClN5OS. The van der Waals surface area contributed by atoms with Crippen molar-refractivity contribution in [2.75, 3.05) is 18.8 Å². The maximum Gasteiger partial charge on any atom is 0.240 e. The van der Waals surface area contributed by atoms with Crippen LogP contribution in [0.2, 0.25) is 4.34 Å². The summed E-state index contributed by atoms with van der Waals surface area (Å²) in [6.45, 7) is 6.12. The number of nitrogens with zero attached hydrogens (tertiary/aromatic N) is 4. The number of hydrogen-bond acceptors (Lipinski definition) is 6. The zero-order valence-corrected chi connectivity index (χ0v) is 18.5. The van der Waals surface area contributed by atoms with E-state index in [0.29, 0.717) is 18.9 Å². The Kier molecular flexibility index (Phi) is 6.04. The van der Waals surface area contributed by atoms with Crippen molar-refractivity contribution >= 4 is 51.6 Å². The first-order valence-electron chi connectivity index (χ1n) is 9.88. The van der Waals surface area contributed by atoms with Gasteiger partial charge in [0.25, 0.3) is 0 Å². The van der Waals surface area contributed by atoms with E-state index < -0.39 is 0 Å². The van der Waals surface area contributed by atoms with Gasteiger partial charge in [-0.2, -0.15) is 0 Å². The summed E-state index contributed by atoms with van der Waals surface area (Å²) in [5.74, 6) is 0.610. The largest absolute Gasteiger partial charge is 0.383 e. The van der Waals surface area contributed by atoms with Gasteiger partial charge in [-0.3, -0.25) is 9.69 Å². The van der Waals surface area contributed by atoms with Crippen molar-refractivity contribution in [2.24, 2.45) is 0 Å². The summed E-state index contributed by atoms with van der Waals surface area (Å²) >= 11 is 7.53. The lowest BCUT2D eigenvalue weighted by atomic mass is 10.1. The fraction of sp³-hybridized carbons (Fsp3) is 0.318. The fourth-order valence-electron chi connectivity index (χ4n) is 3.93. The summed E-state index contributed by atoms with van der Waals surface area (Å²) < 4.78 is 0.781. The summed E-state index contributed by atoms with van der Waals surface area (Å²) in [6.07, 6.45) is 5.63. The summed E-state index contributed by atoms with van der Waals surface area (Å²) in [7, 11) is 0. The average Bonchev–Trinajstić information content (AvgIpc) is 3.14. The molecule has 0 spiro atoms. The van der Waals surface area contributed by atoms with Crippen LogP contribution < -0.4 is 5.73 Å². The van der Waals surface area contributed by atoms with Crippen molar-refractivity contribution in [3.05, 3.63) is 57.5 Å². The van der Waals surface area contributed by atoms with Crippen molar-refractivity contribution in [1.82, 2.24) is 19.8 Å². The minimum atomic E-state index is -0.177. The Morgan fingerprint density at radius 3 is 2.87 bits per heavy atom. The van der Waals surface area contributed by atoms with Crippen LogP contribution in [0.4, 0.5) is 5.82 Å². The number of nitrogen functional groups attached to an aromatic ring is 1. The van der Waals surface area contributed by atoms with Crippen molar-refractivity contribution in [1.29, 1.82) is 0 Å². The van der Waals surface area contributed by atoms with E-state index in [0.717, 1.165) is 32.2 Å². The van der Waals surface area contributed by atoms with E-state index in [9.17, 15) is 4.79 Å². The third kappa shape index (κ3) is 4.33. The number of thiophene rings is 1. The first-order valence-corrected chi connectivity index (χ1v) is 11.1. The summed E-state index contributed by atoms with van der Waals surface area (Å²) in [4.78, 5) is 26.6. The molecule has 8 heteroatoms. The Morgan fingerprint density at radius 1 is 1.27 bits per heavy atom. The van der Waals surface area contributed by atoms with Crippen LogP contribution in [-0.4, -0.2) is 50.8 Å². The second kappa shape index (κ2) is 8.71. The number of nitrogens with two attached hydrogens (primary N) is 1. The number of amides is 1. The minimum Gasteiger partial charge on any atom is -0.383 e. The molecule has 6 nitrogen and oxygen atoms in total. The van der Waals surface area contributed by atoms with Crippen molar-refractivity contribution in [3.8, 4) is 0 Å². The molecule has 2 aromatic heterocycles. The van der Waals surface area contributed by atoms with Gasteiger partial charge in [0, 0.05) is 35.9 Å². The number of fused-ring (bicyclic) bond motifs is 1. The Hall–Kier alpha value is -2.48. The van der Waals surface area contributed by atoms with Crippen LogP contribution in [0.15, 0.2) is 42.7 Å². The molecule has 0 saturated carbocycles. The molecule has 30 heavy (non-hydrogen) atoms. The monoisotopic (exact) mass is 441 g/mol. The molecule has 0 unspecified atom stereocenters. The zero-order chi connectivity index (χ0) is 21.3. The fourth-order valence-corrected chi connectivity index (χ4v) is 4.92. The number of hydrogen-bond donors (Lipinski definition) is 1. The standard InChI is InChI=1S/C22H24ClN5OS/c1-14-11-27(12-16-5-7-18-19(10-16)25-13-26-21(18)24)22(29)15(2)28(14)9-3-4-17-6-8-20(23)30-17/h3-8,10,13-15H,9,11-12H2,1-2H3,(H2,24,25,26)/b4-3+/t14-,15+/m1/s1. The SMILES string of the molecule is C[C@@H]1CN(Cc2ccc3c(N)ncnc3c2)C(=O)[C@H](C)N1C/C=C/c1ccc(Cl)s1. The lowest BCUT2D eigenvalue weighted by Crippen LogP contribution is -2.59. The van der Waals surface area contributed by atoms with Gasteiger partial charge < -0.3 is 10.6 Å². The number of aromatic nitrogens is 2. The molecule has 2 N–H and O–H groups in total. The molecule has 0 radical (unpaired) electrons. The van der Waals surface area contributed by atoms with E-state index in [2.05, 4.69) is 33.9 Å². The Bertz CT molecular complexity index is 1100. The summed E-state index contributed by atoms with van der Waals surface area (Å²) in [5.41, 5.74) is 7.75. The van der Waals surface area contributed by atoms with E-state index >= 15 is 0 Å². The van der Waals surface area contributed by atoms with E-state index in [4.69, 9.17) is 17.3 Å². The van der Waals surface area contributed by atoms with E-state index in [1.165, 1.54) is 6.33 Å². The predicted molar refractivity (Wildman–Crippen MR) is 123 cm³/mol. The molecule has 3 aromatic rings. The highest BCUT2D eigenvalue weighted by Gasteiger charge is 2.35. The lowest BCUT2D eigenvalue weighted by molar-refractivity contribution is -0.144. The highest BCUT2D eigenvalue weighted by atomic mass is 35.5. The van der Waals surface area contributed by atoms with Gasteiger partial charge in [-0.05, 0) is 49.8 Å². The Morgan fingerprint density at radius 2 is 2.10 bits per heavy atom. The number of benzene rings is 1. The van der Waals surface area contributed by atoms with Crippen LogP contribution in [0.25, 0.3) is 17.0 Å². The molecule has 3 heterocycles. The van der Waals surface area contributed by atoms with Crippen LogP contribution in [-0.2, 0) is 11.3 Å². The second-order valence-corrected chi connectivity index (χ2v) is 9.34. The van der Waals surface area contributed by atoms with Crippen molar-refractivity contribution in [3.63, 3.8) is 0 Å². The van der Waals surface area contributed by atoms with Crippen LogP contribution in [0.5, 0.6) is 0 Å². The molecule has 1 amide bonds. The van der Waals surface area contributed by atoms with Gasteiger partial charge in [0.15, 0.2) is 0 Å². The quantitative estimate of drug-likeness (QED) is 0.646.